The fourth-order valence-electron chi connectivity index (χ4n) is 1.23. The molecule has 4 nitrogen and oxygen atoms in total. The SMILES string of the molecule is CC(C)c1oc(CC(N)C(=O)O)cc1Cl. The minimum absolute atomic E-state index is 0.155. The third-order valence-corrected chi connectivity index (χ3v) is 2.32. The van der Waals surface area contributed by atoms with Crippen molar-refractivity contribution in [3.63, 3.8) is 0 Å². The zero-order valence-corrected chi connectivity index (χ0v) is 9.41. The van der Waals surface area contributed by atoms with Crippen molar-refractivity contribution in [3.8, 4) is 0 Å². The van der Waals surface area contributed by atoms with Gasteiger partial charge in [0, 0.05) is 12.3 Å². The number of carbonyl (C=O) groups is 1. The van der Waals surface area contributed by atoms with Gasteiger partial charge in [0.15, 0.2) is 0 Å². The average Bonchev–Trinajstić information content (AvgIpc) is 2.46. The summed E-state index contributed by atoms with van der Waals surface area (Å²) < 4.78 is 5.42. The molecule has 0 bridgehead atoms. The van der Waals surface area contributed by atoms with Crippen molar-refractivity contribution in [2.24, 2.45) is 5.73 Å². The van der Waals surface area contributed by atoms with Crippen molar-refractivity contribution in [2.45, 2.75) is 32.2 Å². The lowest BCUT2D eigenvalue weighted by atomic mass is 10.1. The number of furan rings is 1. The fourth-order valence-corrected chi connectivity index (χ4v) is 1.61. The second kappa shape index (κ2) is 4.68. The molecule has 5 heteroatoms. The van der Waals surface area contributed by atoms with Crippen molar-refractivity contribution in [2.75, 3.05) is 0 Å². The predicted octanol–water partition coefficient (Wildman–Crippen LogP) is 2.01. The summed E-state index contributed by atoms with van der Waals surface area (Å²) in [7, 11) is 0. The Kier molecular flexibility index (Phi) is 3.77. The Morgan fingerprint density at radius 1 is 1.67 bits per heavy atom. The molecule has 0 aliphatic rings. The molecule has 3 N–H and O–H groups in total. The van der Waals surface area contributed by atoms with Gasteiger partial charge in [0.2, 0.25) is 0 Å². The van der Waals surface area contributed by atoms with Crippen LogP contribution < -0.4 is 5.73 Å². The van der Waals surface area contributed by atoms with E-state index < -0.39 is 12.0 Å². The van der Waals surface area contributed by atoms with Crippen molar-refractivity contribution < 1.29 is 14.3 Å². The number of carboxylic acid groups (broad SMARTS) is 1. The first kappa shape index (κ1) is 12.1. The Hall–Kier alpha value is -1.00. The topological polar surface area (TPSA) is 76.5 Å². The van der Waals surface area contributed by atoms with Gasteiger partial charge in [0.1, 0.15) is 17.6 Å². The van der Waals surface area contributed by atoms with Crippen LogP contribution >= 0.6 is 11.6 Å². The van der Waals surface area contributed by atoms with Gasteiger partial charge in [-0.3, -0.25) is 4.79 Å². The summed E-state index contributed by atoms with van der Waals surface area (Å²) in [5, 5.41) is 9.15. The molecule has 0 aliphatic heterocycles. The molecule has 0 aromatic carbocycles. The van der Waals surface area contributed by atoms with Crippen LogP contribution in [0.1, 0.15) is 31.3 Å². The lowest BCUT2D eigenvalue weighted by Gasteiger charge is -2.03. The lowest BCUT2D eigenvalue weighted by molar-refractivity contribution is -0.138. The van der Waals surface area contributed by atoms with E-state index in [1.54, 1.807) is 6.07 Å². The number of halogens is 1. The van der Waals surface area contributed by atoms with E-state index in [-0.39, 0.29) is 12.3 Å². The van der Waals surface area contributed by atoms with Gasteiger partial charge in [0.25, 0.3) is 0 Å². The zero-order chi connectivity index (χ0) is 11.6. The molecule has 0 radical (unpaired) electrons. The molecule has 1 atom stereocenters. The first-order valence-corrected chi connectivity index (χ1v) is 5.06. The maximum absolute atomic E-state index is 10.5. The minimum Gasteiger partial charge on any atom is -0.480 e. The summed E-state index contributed by atoms with van der Waals surface area (Å²) >= 11 is 5.92. The molecule has 84 valence electrons. The molecule has 0 aliphatic carbocycles. The van der Waals surface area contributed by atoms with E-state index >= 15 is 0 Å². The van der Waals surface area contributed by atoms with Crippen LogP contribution in [-0.4, -0.2) is 17.1 Å². The highest BCUT2D eigenvalue weighted by atomic mass is 35.5. The van der Waals surface area contributed by atoms with E-state index in [4.69, 9.17) is 26.9 Å². The van der Waals surface area contributed by atoms with Gasteiger partial charge in [0.05, 0.1) is 5.02 Å². The number of nitrogens with two attached hydrogens (primary N) is 1. The van der Waals surface area contributed by atoms with Crippen molar-refractivity contribution in [3.05, 3.63) is 22.6 Å². The van der Waals surface area contributed by atoms with Gasteiger partial charge < -0.3 is 15.3 Å². The Balaban J connectivity index is 2.79. The normalized spacial score (nSPS) is 13.1. The fraction of sp³-hybridized carbons (Fsp3) is 0.500. The molecular formula is C10H14ClNO3. The lowest BCUT2D eigenvalue weighted by Crippen LogP contribution is -2.32. The summed E-state index contributed by atoms with van der Waals surface area (Å²) in [6, 6.07) is 0.673. The standard InChI is InChI=1S/C10H14ClNO3/c1-5(2)9-7(11)3-6(15-9)4-8(12)10(13)14/h3,5,8H,4,12H2,1-2H3,(H,13,14). The number of carboxylic acids is 1. The Labute approximate surface area is 93.0 Å². The van der Waals surface area contributed by atoms with Gasteiger partial charge in [-0.1, -0.05) is 25.4 Å². The summed E-state index contributed by atoms with van der Waals surface area (Å²) in [4.78, 5) is 10.5. The molecule has 0 fully saturated rings. The van der Waals surface area contributed by atoms with Gasteiger partial charge in [-0.05, 0) is 6.07 Å². The molecule has 1 heterocycles. The predicted molar refractivity (Wildman–Crippen MR) is 57.1 cm³/mol. The van der Waals surface area contributed by atoms with Crippen LogP contribution in [0.3, 0.4) is 0 Å². The summed E-state index contributed by atoms with van der Waals surface area (Å²) in [5.74, 6) is 0.309. The van der Waals surface area contributed by atoms with E-state index in [2.05, 4.69) is 0 Å². The number of aliphatic carboxylic acids is 1. The van der Waals surface area contributed by atoms with Crippen LogP contribution in [0.4, 0.5) is 0 Å². The van der Waals surface area contributed by atoms with E-state index in [0.29, 0.717) is 16.5 Å². The molecular weight excluding hydrogens is 218 g/mol. The molecule has 1 unspecified atom stereocenters. The number of rotatable bonds is 4. The molecule has 1 aromatic heterocycles. The summed E-state index contributed by atoms with van der Waals surface area (Å²) in [6.07, 6.45) is 0.155. The second-order valence-corrected chi connectivity index (χ2v) is 4.14. The van der Waals surface area contributed by atoms with Gasteiger partial charge in [-0.25, -0.2) is 0 Å². The van der Waals surface area contributed by atoms with Crippen molar-refractivity contribution >= 4 is 17.6 Å². The zero-order valence-electron chi connectivity index (χ0n) is 8.66. The second-order valence-electron chi connectivity index (χ2n) is 3.73. The summed E-state index contributed by atoms with van der Waals surface area (Å²) in [5.41, 5.74) is 5.38. The van der Waals surface area contributed by atoms with Crippen LogP contribution in [0.5, 0.6) is 0 Å². The minimum atomic E-state index is -1.05. The quantitative estimate of drug-likeness (QED) is 0.831. The Morgan fingerprint density at radius 2 is 2.27 bits per heavy atom. The number of hydrogen-bond acceptors (Lipinski definition) is 3. The van der Waals surface area contributed by atoms with Crippen LogP contribution in [0.15, 0.2) is 10.5 Å². The Morgan fingerprint density at radius 3 is 2.67 bits per heavy atom. The van der Waals surface area contributed by atoms with Crippen LogP contribution in [-0.2, 0) is 11.2 Å². The van der Waals surface area contributed by atoms with E-state index in [1.165, 1.54) is 0 Å². The highest BCUT2D eigenvalue weighted by Crippen LogP contribution is 2.28. The van der Waals surface area contributed by atoms with Gasteiger partial charge >= 0.3 is 5.97 Å². The monoisotopic (exact) mass is 231 g/mol. The molecule has 0 spiro atoms. The van der Waals surface area contributed by atoms with E-state index in [1.807, 2.05) is 13.8 Å². The molecule has 15 heavy (non-hydrogen) atoms. The van der Waals surface area contributed by atoms with Crippen LogP contribution in [0.25, 0.3) is 0 Å². The maximum Gasteiger partial charge on any atom is 0.320 e. The largest absolute Gasteiger partial charge is 0.480 e. The average molecular weight is 232 g/mol. The first-order valence-electron chi connectivity index (χ1n) is 4.68. The summed E-state index contributed by atoms with van der Waals surface area (Å²) in [6.45, 7) is 3.90. The van der Waals surface area contributed by atoms with Gasteiger partial charge in [-0.2, -0.15) is 0 Å². The molecule has 0 saturated carbocycles. The highest BCUT2D eigenvalue weighted by molar-refractivity contribution is 6.31. The first-order chi connectivity index (χ1) is 6.91. The smallest absolute Gasteiger partial charge is 0.320 e. The maximum atomic E-state index is 10.5. The van der Waals surface area contributed by atoms with Crippen molar-refractivity contribution in [1.29, 1.82) is 0 Å². The van der Waals surface area contributed by atoms with Gasteiger partial charge in [-0.15, -0.1) is 0 Å². The molecule has 1 aromatic rings. The van der Waals surface area contributed by atoms with E-state index in [9.17, 15) is 4.79 Å². The number of hydrogen-bond donors (Lipinski definition) is 2. The molecule has 0 saturated heterocycles. The van der Waals surface area contributed by atoms with Crippen LogP contribution in [0.2, 0.25) is 5.02 Å². The third kappa shape index (κ3) is 2.97. The van der Waals surface area contributed by atoms with Crippen molar-refractivity contribution in [1.82, 2.24) is 0 Å². The highest BCUT2D eigenvalue weighted by Gasteiger charge is 2.18. The third-order valence-electron chi connectivity index (χ3n) is 2.03. The Bertz CT molecular complexity index is 360. The van der Waals surface area contributed by atoms with Crippen LogP contribution in [0, 0.1) is 0 Å². The van der Waals surface area contributed by atoms with E-state index in [0.717, 1.165) is 0 Å². The molecule has 1 rings (SSSR count). The molecule has 0 amide bonds.